The topological polar surface area (TPSA) is 53.2 Å². The molecule has 0 amide bonds. The molecule has 0 atom stereocenters. The lowest BCUT2D eigenvalue weighted by Crippen LogP contribution is -2.40. The Balaban J connectivity index is 1.86. The number of halogens is 1. The van der Waals surface area contributed by atoms with Crippen molar-refractivity contribution < 1.29 is 4.74 Å². The quantitative estimate of drug-likeness (QED) is 0.660. The monoisotopic (exact) mass is 356 g/mol. The molecule has 1 heterocycles. The van der Waals surface area contributed by atoms with Crippen LogP contribution in [0.4, 0.5) is 0 Å². The highest BCUT2D eigenvalue weighted by atomic mass is 35.5. The summed E-state index contributed by atoms with van der Waals surface area (Å²) in [5.74, 6) is 0.710. The molecule has 0 aliphatic rings. The maximum atomic E-state index is 12.4. The molecule has 3 rings (SSSR count). The van der Waals surface area contributed by atoms with Gasteiger partial charge in [0.25, 0.3) is 0 Å². The van der Waals surface area contributed by atoms with Gasteiger partial charge in [-0.15, -0.1) is 0 Å². The van der Waals surface area contributed by atoms with Crippen LogP contribution in [0.2, 0.25) is 5.02 Å². The molecule has 5 nitrogen and oxygen atoms in total. The third-order valence-electron chi connectivity index (χ3n) is 3.88. The maximum absolute atomic E-state index is 12.4. The Morgan fingerprint density at radius 1 is 0.880 bits per heavy atom. The van der Waals surface area contributed by atoms with Gasteiger partial charge in [0.1, 0.15) is 5.75 Å². The maximum Gasteiger partial charge on any atom is 0.316 e. The van der Waals surface area contributed by atoms with E-state index >= 15 is 0 Å². The minimum atomic E-state index is -0.556. The van der Waals surface area contributed by atoms with Crippen molar-refractivity contribution in [3.63, 3.8) is 0 Å². The summed E-state index contributed by atoms with van der Waals surface area (Å²) >= 11 is 5.86. The van der Waals surface area contributed by atoms with Gasteiger partial charge in [0.2, 0.25) is 0 Å². The Hall–Kier alpha value is -2.79. The van der Waals surface area contributed by atoms with Gasteiger partial charge in [-0.3, -0.25) is 9.59 Å². The molecule has 0 saturated carbocycles. The second-order valence-electron chi connectivity index (χ2n) is 5.64. The summed E-state index contributed by atoms with van der Waals surface area (Å²) in [7, 11) is 1.59. The van der Waals surface area contributed by atoms with Crippen LogP contribution in [-0.4, -0.2) is 16.2 Å². The largest absolute Gasteiger partial charge is 0.497 e. The molecule has 0 N–H and O–H groups in total. The van der Waals surface area contributed by atoms with E-state index in [1.165, 1.54) is 9.13 Å². The molecular formula is C19H17ClN2O3. The Morgan fingerprint density at radius 2 is 1.48 bits per heavy atom. The summed E-state index contributed by atoms with van der Waals surface area (Å²) in [5.41, 5.74) is 0.673. The zero-order valence-corrected chi connectivity index (χ0v) is 14.4. The number of aromatic nitrogens is 2. The van der Waals surface area contributed by atoms with Gasteiger partial charge in [-0.1, -0.05) is 35.9 Å². The Morgan fingerprint density at radius 3 is 2.08 bits per heavy atom. The summed E-state index contributed by atoms with van der Waals surface area (Å²) in [6.07, 6.45) is 3.25. The molecule has 0 spiro atoms. The van der Waals surface area contributed by atoms with Crippen LogP contribution in [0.3, 0.4) is 0 Å². The fourth-order valence-corrected chi connectivity index (χ4v) is 2.67. The predicted octanol–water partition coefficient (Wildman–Crippen LogP) is 2.77. The van der Waals surface area contributed by atoms with Gasteiger partial charge in [-0.25, -0.2) is 0 Å². The Kier molecular flexibility index (Phi) is 5.05. The summed E-state index contributed by atoms with van der Waals surface area (Å²) in [4.78, 5) is 24.7. The molecule has 0 fully saturated rings. The van der Waals surface area contributed by atoms with Crippen LogP contribution in [-0.2, 0) is 13.1 Å². The van der Waals surface area contributed by atoms with Crippen molar-refractivity contribution in [2.45, 2.75) is 13.1 Å². The third-order valence-corrected chi connectivity index (χ3v) is 4.14. The normalized spacial score (nSPS) is 10.6. The van der Waals surface area contributed by atoms with E-state index in [2.05, 4.69) is 0 Å². The number of benzene rings is 2. The van der Waals surface area contributed by atoms with Crippen LogP contribution in [0.1, 0.15) is 11.1 Å². The molecule has 2 aromatic carbocycles. The highest BCUT2D eigenvalue weighted by Crippen LogP contribution is 2.13. The smallest absolute Gasteiger partial charge is 0.316 e. The standard InChI is InChI=1S/C19H17ClN2O3/c1-25-17-4-2-3-15(11-17)13-22-10-9-21(18(23)19(22)24)12-14-5-7-16(20)8-6-14/h2-11H,12-13H2,1H3. The van der Waals surface area contributed by atoms with E-state index in [0.717, 1.165) is 11.1 Å². The first-order chi connectivity index (χ1) is 12.1. The second-order valence-corrected chi connectivity index (χ2v) is 6.08. The molecule has 25 heavy (non-hydrogen) atoms. The zero-order chi connectivity index (χ0) is 17.8. The second kappa shape index (κ2) is 7.40. The minimum Gasteiger partial charge on any atom is -0.497 e. The predicted molar refractivity (Wildman–Crippen MR) is 97.6 cm³/mol. The van der Waals surface area contributed by atoms with Gasteiger partial charge >= 0.3 is 11.1 Å². The molecule has 0 aliphatic heterocycles. The molecule has 0 radical (unpaired) electrons. The fraction of sp³-hybridized carbons (Fsp3) is 0.158. The summed E-state index contributed by atoms with van der Waals surface area (Å²) < 4.78 is 7.97. The number of ether oxygens (including phenoxy) is 1. The van der Waals surface area contributed by atoms with E-state index in [4.69, 9.17) is 16.3 Å². The lowest BCUT2D eigenvalue weighted by atomic mass is 10.2. The molecule has 0 unspecified atom stereocenters. The van der Waals surface area contributed by atoms with E-state index in [1.54, 1.807) is 31.6 Å². The molecule has 6 heteroatoms. The fourth-order valence-electron chi connectivity index (χ4n) is 2.55. The van der Waals surface area contributed by atoms with Gasteiger partial charge in [-0.05, 0) is 35.4 Å². The summed E-state index contributed by atoms with van der Waals surface area (Å²) in [6.45, 7) is 0.637. The average Bonchev–Trinajstić information content (AvgIpc) is 2.63. The average molecular weight is 357 g/mol. The van der Waals surface area contributed by atoms with Crippen molar-refractivity contribution in [3.05, 3.63) is 97.8 Å². The lowest BCUT2D eigenvalue weighted by Gasteiger charge is -2.10. The van der Waals surface area contributed by atoms with E-state index in [1.807, 2.05) is 36.4 Å². The lowest BCUT2D eigenvalue weighted by molar-refractivity contribution is 0.414. The summed E-state index contributed by atoms with van der Waals surface area (Å²) in [5, 5.41) is 0.629. The van der Waals surface area contributed by atoms with Gasteiger partial charge in [0, 0.05) is 17.4 Å². The van der Waals surface area contributed by atoms with Gasteiger partial charge < -0.3 is 13.9 Å². The van der Waals surface area contributed by atoms with E-state index in [0.29, 0.717) is 23.9 Å². The van der Waals surface area contributed by atoms with Crippen LogP contribution in [0.15, 0.2) is 70.5 Å². The highest BCUT2D eigenvalue weighted by molar-refractivity contribution is 6.30. The van der Waals surface area contributed by atoms with Gasteiger partial charge in [-0.2, -0.15) is 0 Å². The number of nitrogens with zero attached hydrogens (tertiary/aromatic N) is 2. The molecule has 0 aliphatic carbocycles. The van der Waals surface area contributed by atoms with Crippen molar-refractivity contribution in [2.24, 2.45) is 0 Å². The first-order valence-electron chi connectivity index (χ1n) is 7.74. The highest BCUT2D eigenvalue weighted by Gasteiger charge is 2.07. The number of hydrogen-bond acceptors (Lipinski definition) is 3. The molecular weight excluding hydrogens is 340 g/mol. The van der Waals surface area contributed by atoms with Crippen LogP contribution in [0.25, 0.3) is 0 Å². The van der Waals surface area contributed by atoms with Crippen LogP contribution >= 0.6 is 11.6 Å². The number of methoxy groups -OCH3 is 1. The Bertz CT molecular complexity index is 991. The molecule has 1 aromatic heterocycles. The molecule has 128 valence electrons. The van der Waals surface area contributed by atoms with Crippen molar-refractivity contribution in [1.82, 2.24) is 9.13 Å². The number of hydrogen-bond donors (Lipinski definition) is 0. The van der Waals surface area contributed by atoms with Crippen LogP contribution in [0.5, 0.6) is 5.75 Å². The van der Waals surface area contributed by atoms with Crippen molar-refractivity contribution in [3.8, 4) is 5.75 Å². The first-order valence-corrected chi connectivity index (χ1v) is 8.12. The first kappa shape index (κ1) is 17.0. The summed E-state index contributed by atoms with van der Waals surface area (Å²) in [6, 6.07) is 14.6. The van der Waals surface area contributed by atoms with Crippen molar-refractivity contribution in [2.75, 3.05) is 7.11 Å². The molecule has 0 saturated heterocycles. The van der Waals surface area contributed by atoms with E-state index < -0.39 is 11.1 Å². The van der Waals surface area contributed by atoms with Gasteiger partial charge in [0.05, 0.1) is 20.2 Å². The third kappa shape index (κ3) is 4.00. The minimum absolute atomic E-state index is 0.313. The van der Waals surface area contributed by atoms with Gasteiger partial charge in [0.15, 0.2) is 0 Å². The zero-order valence-electron chi connectivity index (χ0n) is 13.7. The SMILES string of the molecule is COc1cccc(Cn2ccn(Cc3ccc(Cl)cc3)c(=O)c2=O)c1. The van der Waals surface area contributed by atoms with E-state index in [-0.39, 0.29) is 0 Å². The number of rotatable bonds is 5. The van der Waals surface area contributed by atoms with Crippen LogP contribution in [0, 0.1) is 0 Å². The molecule has 0 bridgehead atoms. The van der Waals surface area contributed by atoms with Crippen molar-refractivity contribution in [1.29, 1.82) is 0 Å². The van der Waals surface area contributed by atoms with Crippen molar-refractivity contribution >= 4 is 11.6 Å². The van der Waals surface area contributed by atoms with E-state index in [9.17, 15) is 9.59 Å². The van der Waals surface area contributed by atoms with Crippen LogP contribution < -0.4 is 15.9 Å². The molecule has 3 aromatic rings. The Labute approximate surface area is 149 Å².